The minimum Gasteiger partial charge on any atom is -0.392 e. The van der Waals surface area contributed by atoms with E-state index in [4.69, 9.17) is 16.7 Å². The summed E-state index contributed by atoms with van der Waals surface area (Å²) in [5, 5.41) is 12.4. The third kappa shape index (κ3) is 3.83. The van der Waals surface area contributed by atoms with Crippen LogP contribution in [0.15, 0.2) is 42.5 Å². The number of aliphatic hydroxyl groups excluding tert-OH is 1. The van der Waals surface area contributed by atoms with Crippen molar-refractivity contribution in [3.05, 3.63) is 69.7 Å². The standard InChI is InChI=1S/C16H16ClNO2/c1-11-6-14(8-15(17)7-11)16(20)18-9-12-2-4-13(10-19)5-3-12/h2-8,19H,9-10H2,1H3,(H,18,20). The molecule has 3 nitrogen and oxygen atoms in total. The lowest BCUT2D eigenvalue weighted by atomic mass is 10.1. The number of hydrogen-bond acceptors (Lipinski definition) is 2. The van der Waals surface area contributed by atoms with Gasteiger partial charge in [0.2, 0.25) is 0 Å². The minimum atomic E-state index is -0.151. The van der Waals surface area contributed by atoms with Crippen LogP contribution in [-0.4, -0.2) is 11.0 Å². The molecule has 0 aliphatic heterocycles. The molecular weight excluding hydrogens is 274 g/mol. The second kappa shape index (κ2) is 6.55. The van der Waals surface area contributed by atoms with Gasteiger partial charge in [0.1, 0.15) is 0 Å². The van der Waals surface area contributed by atoms with Crippen molar-refractivity contribution in [3.63, 3.8) is 0 Å². The first-order valence-corrected chi connectivity index (χ1v) is 6.70. The van der Waals surface area contributed by atoms with Crippen molar-refractivity contribution < 1.29 is 9.90 Å². The maximum Gasteiger partial charge on any atom is 0.251 e. The van der Waals surface area contributed by atoms with Gasteiger partial charge in [-0.1, -0.05) is 35.9 Å². The molecule has 0 atom stereocenters. The van der Waals surface area contributed by atoms with Gasteiger partial charge in [0.05, 0.1) is 6.61 Å². The number of carbonyl (C=O) groups excluding carboxylic acids is 1. The van der Waals surface area contributed by atoms with Gasteiger partial charge >= 0.3 is 0 Å². The third-order valence-electron chi connectivity index (χ3n) is 2.96. The monoisotopic (exact) mass is 289 g/mol. The van der Waals surface area contributed by atoms with E-state index in [0.717, 1.165) is 16.7 Å². The van der Waals surface area contributed by atoms with Crippen LogP contribution in [0.2, 0.25) is 5.02 Å². The molecule has 0 radical (unpaired) electrons. The Bertz CT molecular complexity index is 588. The first-order valence-electron chi connectivity index (χ1n) is 6.32. The molecule has 2 N–H and O–H groups in total. The number of halogens is 1. The number of hydrogen-bond donors (Lipinski definition) is 2. The Labute approximate surface area is 123 Å². The predicted molar refractivity (Wildman–Crippen MR) is 79.7 cm³/mol. The highest BCUT2D eigenvalue weighted by molar-refractivity contribution is 6.31. The molecular formula is C16H16ClNO2. The molecule has 0 aliphatic carbocycles. The zero-order valence-electron chi connectivity index (χ0n) is 11.2. The Hall–Kier alpha value is -1.84. The lowest BCUT2D eigenvalue weighted by Crippen LogP contribution is -2.22. The van der Waals surface area contributed by atoms with Gasteiger partial charge in [-0.3, -0.25) is 4.79 Å². The lowest BCUT2D eigenvalue weighted by molar-refractivity contribution is 0.0951. The van der Waals surface area contributed by atoms with Crippen LogP contribution < -0.4 is 5.32 Å². The van der Waals surface area contributed by atoms with Crippen LogP contribution in [0.5, 0.6) is 0 Å². The van der Waals surface area contributed by atoms with E-state index in [9.17, 15) is 4.79 Å². The zero-order valence-corrected chi connectivity index (χ0v) is 11.9. The number of amides is 1. The fourth-order valence-electron chi connectivity index (χ4n) is 1.91. The summed E-state index contributed by atoms with van der Waals surface area (Å²) in [4.78, 5) is 12.0. The molecule has 1 amide bonds. The molecule has 104 valence electrons. The predicted octanol–water partition coefficient (Wildman–Crippen LogP) is 3.07. The molecule has 2 aromatic rings. The summed E-state index contributed by atoms with van der Waals surface area (Å²) in [5.74, 6) is -0.151. The van der Waals surface area contributed by atoms with Crippen LogP contribution in [0, 0.1) is 6.92 Å². The van der Waals surface area contributed by atoms with Gasteiger partial charge in [0, 0.05) is 17.1 Å². The largest absolute Gasteiger partial charge is 0.392 e. The molecule has 4 heteroatoms. The maximum atomic E-state index is 12.0. The minimum absolute atomic E-state index is 0.0223. The van der Waals surface area contributed by atoms with Crippen LogP contribution in [-0.2, 0) is 13.2 Å². The van der Waals surface area contributed by atoms with E-state index < -0.39 is 0 Å². The first kappa shape index (κ1) is 14.6. The summed E-state index contributed by atoms with van der Waals surface area (Å²) in [6.07, 6.45) is 0. The zero-order chi connectivity index (χ0) is 14.5. The molecule has 0 saturated carbocycles. The van der Waals surface area contributed by atoms with E-state index in [2.05, 4.69) is 5.32 Å². The average molecular weight is 290 g/mol. The van der Waals surface area contributed by atoms with E-state index in [1.807, 2.05) is 37.3 Å². The second-order valence-electron chi connectivity index (χ2n) is 4.67. The Morgan fingerprint density at radius 2 is 1.80 bits per heavy atom. The van der Waals surface area contributed by atoms with Crippen molar-refractivity contribution in [1.82, 2.24) is 5.32 Å². The van der Waals surface area contributed by atoms with Gasteiger partial charge < -0.3 is 10.4 Å². The fourth-order valence-corrected chi connectivity index (χ4v) is 2.20. The van der Waals surface area contributed by atoms with Gasteiger partial charge in [-0.2, -0.15) is 0 Å². The van der Waals surface area contributed by atoms with E-state index >= 15 is 0 Å². The quantitative estimate of drug-likeness (QED) is 0.909. The van der Waals surface area contributed by atoms with Crippen molar-refractivity contribution in [2.24, 2.45) is 0 Å². The molecule has 0 saturated heterocycles. The van der Waals surface area contributed by atoms with Gasteiger partial charge in [-0.15, -0.1) is 0 Å². The van der Waals surface area contributed by atoms with E-state index in [1.54, 1.807) is 12.1 Å². The van der Waals surface area contributed by atoms with Crippen LogP contribution in [0.1, 0.15) is 27.0 Å². The normalized spacial score (nSPS) is 10.3. The highest BCUT2D eigenvalue weighted by Gasteiger charge is 2.07. The molecule has 20 heavy (non-hydrogen) atoms. The summed E-state index contributed by atoms with van der Waals surface area (Å²) < 4.78 is 0. The third-order valence-corrected chi connectivity index (χ3v) is 3.18. The van der Waals surface area contributed by atoms with Crippen molar-refractivity contribution in [3.8, 4) is 0 Å². The van der Waals surface area contributed by atoms with E-state index in [-0.39, 0.29) is 12.5 Å². The summed E-state index contributed by atoms with van der Waals surface area (Å²) in [6.45, 7) is 2.36. The number of nitrogens with one attached hydrogen (secondary N) is 1. The highest BCUT2D eigenvalue weighted by atomic mass is 35.5. The highest BCUT2D eigenvalue weighted by Crippen LogP contribution is 2.14. The van der Waals surface area contributed by atoms with Crippen molar-refractivity contribution in [2.45, 2.75) is 20.1 Å². The van der Waals surface area contributed by atoms with E-state index in [0.29, 0.717) is 17.1 Å². The fraction of sp³-hybridized carbons (Fsp3) is 0.188. The summed E-state index contributed by atoms with van der Waals surface area (Å²) in [5.41, 5.74) is 3.34. The number of benzene rings is 2. The summed E-state index contributed by atoms with van der Waals surface area (Å²) >= 11 is 5.94. The smallest absolute Gasteiger partial charge is 0.251 e. The topological polar surface area (TPSA) is 49.3 Å². The Morgan fingerprint density at radius 3 is 2.40 bits per heavy atom. The number of rotatable bonds is 4. The van der Waals surface area contributed by atoms with Crippen LogP contribution in [0.3, 0.4) is 0 Å². The SMILES string of the molecule is Cc1cc(Cl)cc(C(=O)NCc2ccc(CO)cc2)c1. The molecule has 0 heterocycles. The summed E-state index contributed by atoms with van der Waals surface area (Å²) in [7, 11) is 0. The molecule has 0 spiro atoms. The van der Waals surface area contributed by atoms with Gasteiger partial charge in [-0.05, 0) is 41.8 Å². The van der Waals surface area contributed by atoms with Crippen molar-refractivity contribution in [1.29, 1.82) is 0 Å². The van der Waals surface area contributed by atoms with Crippen molar-refractivity contribution in [2.75, 3.05) is 0 Å². The summed E-state index contributed by atoms with van der Waals surface area (Å²) in [6, 6.07) is 12.7. The molecule has 0 unspecified atom stereocenters. The van der Waals surface area contributed by atoms with Crippen molar-refractivity contribution >= 4 is 17.5 Å². The number of aryl methyl sites for hydroxylation is 1. The first-order chi connectivity index (χ1) is 9.58. The van der Waals surface area contributed by atoms with Gasteiger partial charge in [0.25, 0.3) is 5.91 Å². The van der Waals surface area contributed by atoms with Gasteiger partial charge in [-0.25, -0.2) is 0 Å². The molecule has 0 bridgehead atoms. The molecule has 0 aromatic heterocycles. The molecule has 0 aliphatic rings. The maximum absolute atomic E-state index is 12.0. The van der Waals surface area contributed by atoms with Crippen LogP contribution in [0.25, 0.3) is 0 Å². The Morgan fingerprint density at radius 1 is 1.15 bits per heavy atom. The Balaban J connectivity index is 2.00. The van der Waals surface area contributed by atoms with Crippen LogP contribution >= 0.6 is 11.6 Å². The number of aliphatic hydroxyl groups is 1. The van der Waals surface area contributed by atoms with E-state index in [1.165, 1.54) is 0 Å². The average Bonchev–Trinajstić information content (AvgIpc) is 2.44. The van der Waals surface area contributed by atoms with Gasteiger partial charge in [0.15, 0.2) is 0 Å². The van der Waals surface area contributed by atoms with Crippen LogP contribution in [0.4, 0.5) is 0 Å². The lowest BCUT2D eigenvalue weighted by Gasteiger charge is -2.07. The molecule has 2 rings (SSSR count). The number of carbonyl (C=O) groups is 1. The molecule has 2 aromatic carbocycles. The Kier molecular flexibility index (Phi) is 4.77. The second-order valence-corrected chi connectivity index (χ2v) is 5.11. The molecule has 0 fully saturated rings.